The third-order valence-corrected chi connectivity index (χ3v) is 10.0. The average molecular weight is 596 g/mol. The molecule has 220 valence electrons. The molecular formula is C38H30BN7. The second kappa shape index (κ2) is 9.38. The Labute approximate surface area is 268 Å². The number of aromatic nitrogens is 2. The molecule has 0 amide bonds. The van der Waals surface area contributed by atoms with Gasteiger partial charge >= 0.3 is 6.85 Å². The maximum absolute atomic E-state index is 4.74. The minimum atomic E-state index is -0.00747. The van der Waals surface area contributed by atoms with Crippen LogP contribution in [-0.2, 0) is 0 Å². The summed E-state index contributed by atoms with van der Waals surface area (Å²) in [5.41, 5.74) is 15.0. The SMILES string of the molecule is CN1CN(c2ccc3c(c2)B2c4cc(N5CN(C)c6nccnc65)ccc4-c4ccccc4N2c2ccccc2-3)c2ccccc21. The zero-order valence-corrected chi connectivity index (χ0v) is 25.7. The molecule has 0 fully saturated rings. The van der Waals surface area contributed by atoms with Gasteiger partial charge in [-0.3, -0.25) is 0 Å². The summed E-state index contributed by atoms with van der Waals surface area (Å²) in [6.07, 6.45) is 3.55. The van der Waals surface area contributed by atoms with Crippen molar-refractivity contribution in [2.24, 2.45) is 0 Å². The van der Waals surface area contributed by atoms with Crippen molar-refractivity contribution < 1.29 is 0 Å². The van der Waals surface area contributed by atoms with E-state index in [4.69, 9.17) is 4.98 Å². The first-order valence-electron chi connectivity index (χ1n) is 15.8. The lowest BCUT2D eigenvalue weighted by Crippen LogP contribution is -2.59. The lowest BCUT2D eigenvalue weighted by molar-refractivity contribution is 0.936. The normalized spacial score (nSPS) is 15.2. The number of hydrogen-bond donors (Lipinski definition) is 0. The Bertz CT molecular complexity index is 2060. The molecule has 0 aliphatic carbocycles. The molecule has 6 aromatic rings. The van der Waals surface area contributed by atoms with Gasteiger partial charge in [0.25, 0.3) is 0 Å². The maximum Gasteiger partial charge on any atom is 0.329 e. The molecule has 0 atom stereocenters. The first kappa shape index (κ1) is 25.6. The lowest BCUT2D eigenvalue weighted by atomic mass is 9.43. The topological polar surface area (TPSA) is 42.0 Å². The zero-order chi connectivity index (χ0) is 30.5. The predicted molar refractivity (Wildman–Crippen MR) is 190 cm³/mol. The van der Waals surface area contributed by atoms with Gasteiger partial charge in [0, 0.05) is 60.4 Å². The number of fused-ring (bicyclic) bond motifs is 13. The second-order valence-corrected chi connectivity index (χ2v) is 12.6. The van der Waals surface area contributed by atoms with E-state index in [0.717, 1.165) is 24.0 Å². The van der Waals surface area contributed by atoms with Crippen LogP contribution < -0.4 is 35.3 Å². The Morgan fingerprint density at radius 1 is 0.500 bits per heavy atom. The van der Waals surface area contributed by atoms with Crippen LogP contribution >= 0.6 is 0 Å². The van der Waals surface area contributed by atoms with Crippen LogP contribution in [0.1, 0.15) is 0 Å². The van der Waals surface area contributed by atoms with E-state index in [0.29, 0.717) is 6.67 Å². The Kier molecular flexibility index (Phi) is 5.21. The van der Waals surface area contributed by atoms with Gasteiger partial charge in [-0.2, -0.15) is 0 Å². The average Bonchev–Trinajstić information content (AvgIpc) is 3.64. The number of nitrogens with zero attached hydrogens (tertiary/aromatic N) is 7. The van der Waals surface area contributed by atoms with Crippen molar-refractivity contribution in [2.75, 3.05) is 51.8 Å². The summed E-state index contributed by atoms with van der Waals surface area (Å²) in [7, 11) is 4.25. The van der Waals surface area contributed by atoms with Gasteiger partial charge in [-0.25, -0.2) is 9.97 Å². The van der Waals surface area contributed by atoms with Crippen molar-refractivity contribution in [2.45, 2.75) is 0 Å². The monoisotopic (exact) mass is 595 g/mol. The van der Waals surface area contributed by atoms with Crippen LogP contribution in [0.3, 0.4) is 0 Å². The number of benzene rings is 5. The fourth-order valence-corrected chi connectivity index (χ4v) is 7.99. The van der Waals surface area contributed by atoms with Gasteiger partial charge in [0.2, 0.25) is 0 Å². The van der Waals surface area contributed by atoms with E-state index in [9.17, 15) is 0 Å². The Hall–Kier alpha value is -5.76. The molecule has 8 heteroatoms. The fraction of sp³-hybridized carbons (Fsp3) is 0.105. The van der Waals surface area contributed by atoms with Crippen LogP contribution in [0.5, 0.6) is 0 Å². The van der Waals surface area contributed by atoms with Gasteiger partial charge in [-0.15, -0.1) is 0 Å². The van der Waals surface area contributed by atoms with E-state index >= 15 is 0 Å². The van der Waals surface area contributed by atoms with Crippen molar-refractivity contribution in [3.05, 3.63) is 122 Å². The number of hydrogen-bond acceptors (Lipinski definition) is 7. The van der Waals surface area contributed by atoms with Gasteiger partial charge in [-0.1, -0.05) is 60.7 Å². The molecule has 1 aromatic heterocycles. The summed E-state index contributed by atoms with van der Waals surface area (Å²) in [5, 5.41) is 0. The highest BCUT2D eigenvalue weighted by atomic mass is 15.4. The smallest absolute Gasteiger partial charge is 0.329 e. The largest absolute Gasteiger partial charge is 0.376 e. The maximum atomic E-state index is 4.74. The minimum absolute atomic E-state index is 0.00747. The molecule has 0 spiro atoms. The Morgan fingerprint density at radius 2 is 1.02 bits per heavy atom. The van der Waals surface area contributed by atoms with E-state index in [1.54, 1.807) is 12.4 Å². The molecule has 4 aliphatic rings. The van der Waals surface area contributed by atoms with Gasteiger partial charge in [0.05, 0.1) is 24.7 Å². The van der Waals surface area contributed by atoms with Crippen LogP contribution in [-0.4, -0.2) is 44.2 Å². The summed E-state index contributed by atoms with van der Waals surface area (Å²) >= 11 is 0. The van der Waals surface area contributed by atoms with Crippen molar-refractivity contribution in [3.63, 3.8) is 0 Å². The highest BCUT2D eigenvalue weighted by molar-refractivity contribution is 6.92. The molecule has 46 heavy (non-hydrogen) atoms. The molecule has 0 saturated carbocycles. The quantitative estimate of drug-likeness (QED) is 0.213. The minimum Gasteiger partial charge on any atom is -0.376 e. The van der Waals surface area contributed by atoms with Gasteiger partial charge in [0.15, 0.2) is 11.6 Å². The highest BCUT2D eigenvalue weighted by Crippen LogP contribution is 2.48. The van der Waals surface area contributed by atoms with Crippen molar-refractivity contribution >= 4 is 63.5 Å². The van der Waals surface area contributed by atoms with Crippen LogP contribution in [0.25, 0.3) is 22.3 Å². The molecule has 7 nitrogen and oxygen atoms in total. The van der Waals surface area contributed by atoms with E-state index in [2.05, 4.69) is 153 Å². The van der Waals surface area contributed by atoms with Crippen LogP contribution in [0, 0.1) is 0 Å². The summed E-state index contributed by atoms with van der Waals surface area (Å²) in [6, 6.07) is 40.4. The Morgan fingerprint density at radius 3 is 1.67 bits per heavy atom. The van der Waals surface area contributed by atoms with Gasteiger partial charge in [0.1, 0.15) is 0 Å². The molecule has 5 heterocycles. The fourth-order valence-electron chi connectivity index (χ4n) is 7.99. The molecule has 5 aromatic carbocycles. The molecule has 4 aliphatic heterocycles. The second-order valence-electron chi connectivity index (χ2n) is 12.6. The molecule has 0 radical (unpaired) electrons. The van der Waals surface area contributed by atoms with Crippen molar-refractivity contribution in [3.8, 4) is 22.3 Å². The number of anilines is 8. The first-order valence-corrected chi connectivity index (χ1v) is 15.8. The summed E-state index contributed by atoms with van der Waals surface area (Å²) < 4.78 is 0. The highest BCUT2D eigenvalue weighted by Gasteiger charge is 2.43. The molecule has 0 N–H and O–H groups in total. The van der Waals surface area contributed by atoms with Crippen LogP contribution in [0.2, 0.25) is 0 Å². The Balaban J connectivity index is 1.21. The predicted octanol–water partition coefficient (Wildman–Crippen LogP) is 6.47. The number of para-hydroxylation sites is 4. The molecule has 10 rings (SSSR count). The third-order valence-electron chi connectivity index (χ3n) is 10.0. The molecule has 0 bridgehead atoms. The van der Waals surface area contributed by atoms with E-state index in [-0.39, 0.29) is 6.85 Å². The first-order chi connectivity index (χ1) is 22.7. The van der Waals surface area contributed by atoms with E-state index in [1.807, 2.05) is 0 Å². The standard InChI is InChI=1S/C38H30BN7/c1-42-23-44(36-14-8-7-13-35(36)42)25-15-17-27-29-9-3-5-11-33(29)46-34-12-6-4-10-30(34)28-18-16-26(22-32(28)39(46)31(27)21-25)45-24-43(2)37-38(45)41-20-19-40-37/h3-22H,23-24H2,1-2H3. The summed E-state index contributed by atoms with van der Waals surface area (Å²) in [6.45, 7) is 1.51. The van der Waals surface area contributed by atoms with Gasteiger partial charge < -0.3 is 24.4 Å². The van der Waals surface area contributed by atoms with Gasteiger partial charge in [-0.05, 0) is 70.6 Å². The number of rotatable bonds is 2. The molecule has 0 unspecified atom stereocenters. The third kappa shape index (κ3) is 3.44. The van der Waals surface area contributed by atoms with E-state index in [1.165, 1.54) is 61.6 Å². The van der Waals surface area contributed by atoms with Crippen LogP contribution in [0.15, 0.2) is 122 Å². The summed E-state index contributed by atoms with van der Waals surface area (Å²) in [5.74, 6) is 1.80. The van der Waals surface area contributed by atoms with Crippen molar-refractivity contribution in [1.29, 1.82) is 0 Å². The van der Waals surface area contributed by atoms with E-state index < -0.39 is 0 Å². The molecule has 0 saturated heterocycles. The zero-order valence-electron chi connectivity index (χ0n) is 25.7. The molecular weight excluding hydrogens is 565 g/mol. The summed E-state index contributed by atoms with van der Waals surface area (Å²) in [4.78, 5) is 21.1. The van der Waals surface area contributed by atoms with Crippen LogP contribution in [0.4, 0.5) is 45.8 Å². The lowest BCUT2D eigenvalue weighted by Gasteiger charge is -2.44. The van der Waals surface area contributed by atoms with Crippen molar-refractivity contribution in [1.82, 2.24) is 9.97 Å².